The van der Waals surface area contributed by atoms with Crippen LogP contribution in [0.4, 0.5) is 0 Å². The van der Waals surface area contributed by atoms with Crippen LogP contribution in [0.5, 0.6) is 0 Å². The minimum atomic E-state index is -0.133. The molecule has 6 heteroatoms. The second kappa shape index (κ2) is 8.62. The van der Waals surface area contributed by atoms with Gasteiger partial charge in [0.25, 0.3) is 0 Å². The standard InChI is InChI=1S/C17H22N2O3S/c1-2-22-16(21)14-8-10-19(11-9-14)17(23)18-15(20)12-13-6-4-3-5-7-13/h3-7,14H,2,8-12H2,1H3,(H,18,20,23). The summed E-state index contributed by atoms with van der Waals surface area (Å²) in [6.45, 7) is 3.54. The maximum atomic E-state index is 12.0. The molecule has 1 saturated heterocycles. The van der Waals surface area contributed by atoms with Crippen molar-refractivity contribution in [1.29, 1.82) is 0 Å². The third-order valence-electron chi connectivity index (χ3n) is 3.86. The number of benzene rings is 1. The van der Waals surface area contributed by atoms with E-state index in [4.69, 9.17) is 17.0 Å². The second-order valence-electron chi connectivity index (χ2n) is 5.53. The van der Waals surface area contributed by atoms with E-state index in [1.54, 1.807) is 0 Å². The van der Waals surface area contributed by atoms with Crippen LogP contribution in [0, 0.1) is 5.92 Å². The number of amides is 1. The van der Waals surface area contributed by atoms with Crippen LogP contribution >= 0.6 is 12.2 Å². The van der Waals surface area contributed by atoms with E-state index in [-0.39, 0.29) is 17.8 Å². The van der Waals surface area contributed by atoms with Crippen LogP contribution in [0.15, 0.2) is 30.3 Å². The van der Waals surface area contributed by atoms with Gasteiger partial charge in [0.15, 0.2) is 5.11 Å². The molecule has 1 aromatic rings. The maximum absolute atomic E-state index is 12.0. The van der Waals surface area contributed by atoms with E-state index in [0.29, 0.717) is 44.1 Å². The Hall–Kier alpha value is -1.95. The molecule has 0 radical (unpaired) electrons. The highest BCUT2D eigenvalue weighted by molar-refractivity contribution is 7.80. The minimum absolute atomic E-state index is 0.0611. The number of thiocarbonyl (C=S) groups is 1. The Kier molecular flexibility index (Phi) is 6.52. The summed E-state index contributed by atoms with van der Waals surface area (Å²) in [4.78, 5) is 25.7. The van der Waals surface area contributed by atoms with Crippen LogP contribution in [-0.4, -0.2) is 41.6 Å². The Morgan fingerprint density at radius 3 is 2.52 bits per heavy atom. The molecule has 1 aliphatic heterocycles. The molecule has 1 aliphatic rings. The van der Waals surface area contributed by atoms with Gasteiger partial charge >= 0.3 is 5.97 Å². The number of esters is 1. The zero-order valence-electron chi connectivity index (χ0n) is 13.3. The Balaban J connectivity index is 1.76. The van der Waals surface area contributed by atoms with Crippen molar-refractivity contribution in [2.45, 2.75) is 26.2 Å². The Bertz CT molecular complexity index is 554. The van der Waals surface area contributed by atoms with Gasteiger partial charge in [0, 0.05) is 13.1 Å². The quantitative estimate of drug-likeness (QED) is 0.673. The number of likely N-dealkylation sites (tertiary alicyclic amines) is 1. The summed E-state index contributed by atoms with van der Waals surface area (Å²) in [7, 11) is 0. The van der Waals surface area contributed by atoms with Gasteiger partial charge in [-0.3, -0.25) is 9.59 Å². The normalized spacial score (nSPS) is 15.1. The Labute approximate surface area is 142 Å². The molecule has 1 heterocycles. The summed E-state index contributed by atoms with van der Waals surface area (Å²) in [5.74, 6) is -0.311. The summed E-state index contributed by atoms with van der Waals surface area (Å²) in [5, 5.41) is 3.21. The van der Waals surface area contributed by atoms with Crippen LogP contribution in [0.1, 0.15) is 25.3 Å². The van der Waals surface area contributed by atoms with Crippen molar-refractivity contribution in [3.8, 4) is 0 Å². The number of hydrogen-bond acceptors (Lipinski definition) is 4. The number of rotatable bonds is 4. The van der Waals surface area contributed by atoms with Gasteiger partial charge in [-0.15, -0.1) is 0 Å². The number of hydrogen-bond donors (Lipinski definition) is 1. The third-order valence-corrected chi connectivity index (χ3v) is 4.22. The van der Waals surface area contributed by atoms with Gasteiger partial charge in [0.2, 0.25) is 5.91 Å². The smallest absolute Gasteiger partial charge is 0.309 e. The number of carbonyl (C=O) groups is 2. The number of ether oxygens (including phenoxy) is 1. The largest absolute Gasteiger partial charge is 0.466 e. The van der Waals surface area contributed by atoms with Crippen molar-refractivity contribution in [2.75, 3.05) is 19.7 Å². The highest BCUT2D eigenvalue weighted by atomic mass is 32.1. The molecule has 0 aliphatic carbocycles. The van der Waals surface area contributed by atoms with Gasteiger partial charge in [-0.1, -0.05) is 30.3 Å². The van der Waals surface area contributed by atoms with E-state index in [1.165, 1.54) is 0 Å². The lowest BCUT2D eigenvalue weighted by Crippen LogP contribution is -2.47. The lowest BCUT2D eigenvalue weighted by Gasteiger charge is -2.32. The van der Waals surface area contributed by atoms with Crippen LogP contribution < -0.4 is 5.32 Å². The summed E-state index contributed by atoms with van der Waals surface area (Å²) >= 11 is 5.30. The highest BCUT2D eigenvalue weighted by Gasteiger charge is 2.27. The average Bonchev–Trinajstić information content (AvgIpc) is 2.56. The molecule has 0 bridgehead atoms. The van der Waals surface area contributed by atoms with Crippen molar-refractivity contribution in [3.05, 3.63) is 35.9 Å². The van der Waals surface area contributed by atoms with E-state index >= 15 is 0 Å². The van der Waals surface area contributed by atoms with Gasteiger partial charge in [0.1, 0.15) is 0 Å². The minimum Gasteiger partial charge on any atom is -0.466 e. The monoisotopic (exact) mass is 334 g/mol. The molecular weight excluding hydrogens is 312 g/mol. The first kappa shape index (κ1) is 17.4. The first-order valence-corrected chi connectivity index (χ1v) is 8.30. The fourth-order valence-corrected chi connectivity index (χ4v) is 2.90. The Morgan fingerprint density at radius 1 is 1.26 bits per heavy atom. The molecule has 0 aromatic heterocycles. The molecule has 0 spiro atoms. The van der Waals surface area contributed by atoms with Crippen LogP contribution in [0.3, 0.4) is 0 Å². The maximum Gasteiger partial charge on any atom is 0.309 e. The number of carbonyl (C=O) groups excluding carboxylic acids is 2. The van der Waals surface area contributed by atoms with Gasteiger partial charge < -0.3 is 15.0 Å². The first-order valence-electron chi connectivity index (χ1n) is 7.89. The molecule has 0 saturated carbocycles. The summed E-state index contributed by atoms with van der Waals surface area (Å²) in [6.07, 6.45) is 1.71. The molecule has 5 nitrogen and oxygen atoms in total. The van der Waals surface area contributed by atoms with Crippen molar-refractivity contribution in [3.63, 3.8) is 0 Å². The molecule has 1 amide bonds. The molecule has 1 fully saturated rings. The molecule has 124 valence electrons. The lowest BCUT2D eigenvalue weighted by atomic mass is 9.97. The summed E-state index contributed by atoms with van der Waals surface area (Å²) < 4.78 is 5.05. The van der Waals surface area contributed by atoms with Crippen molar-refractivity contribution >= 4 is 29.2 Å². The van der Waals surface area contributed by atoms with Crippen LogP contribution in [0.2, 0.25) is 0 Å². The Morgan fingerprint density at radius 2 is 1.91 bits per heavy atom. The molecular formula is C17H22N2O3S. The van der Waals surface area contributed by atoms with E-state index in [0.717, 1.165) is 5.56 Å². The fraction of sp³-hybridized carbons (Fsp3) is 0.471. The average molecular weight is 334 g/mol. The molecule has 0 unspecified atom stereocenters. The molecule has 23 heavy (non-hydrogen) atoms. The van der Waals surface area contributed by atoms with Crippen LogP contribution in [-0.2, 0) is 20.7 Å². The van der Waals surface area contributed by atoms with E-state index in [1.807, 2.05) is 42.2 Å². The third kappa shape index (κ3) is 5.32. The molecule has 1 N–H and O–H groups in total. The van der Waals surface area contributed by atoms with E-state index in [9.17, 15) is 9.59 Å². The molecule has 1 aromatic carbocycles. The van der Waals surface area contributed by atoms with Gasteiger partial charge in [-0.25, -0.2) is 0 Å². The first-order chi connectivity index (χ1) is 11.1. The number of piperidine rings is 1. The van der Waals surface area contributed by atoms with Crippen molar-refractivity contribution in [1.82, 2.24) is 10.2 Å². The summed E-state index contributed by atoms with van der Waals surface area (Å²) in [6, 6.07) is 9.54. The zero-order chi connectivity index (χ0) is 16.7. The highest BCUT2D eigenvalue weighted by Crippen LogP contribution is 2.18. The van der Waals surface area contributed by atoms with E-state index < -0.39 is 0 Å². The fourth-order valence-electron chi connectivity index (χ4n) is 2.60. The van der Waals surface area contributed by atoms with Crippen molar-refractivity contribution in [2.24, 2.45) is 5.92 Å². The predicted octanol–water partition coefficient (Wildman–Crippen LogP) is 1.91. The number of nitrogens with one attached hydrogen (secondary N) is 1. The zero-order valence-corrected chi connectivity index (χ0v) is 14.1. The topological polar surface area (TPSA) is 58.6 Å². The molecule has 2 rings (SSSR count). The lowest BCUT2D eigenvalue weighted by molar-refractivity contribution is -0.149. The van der Waals surface area contributed by atoms with Gasteiger partial charge in [0.05, 0.1) is 18.9 Å². The SMILES string of the molecule is CCOC(=O)C1CCN(C(=S)NC(=O)Cc2ccccc2)CC1. The van der Waals surface area contributed by atoms with Crippen LogP contribution in [0.25, 0.3) is 0 Å². The van der Waals surface area contributed by atoms with E-state index in [2.05, 4.69) is 5.32 Å². The molecule has 0 atom stereocenters. The van der Waals surface area contributed by atoms with Gasteiger partial charge in [-0.2, -0.15) is 0 Å². The second-order valence-corrected chi connectivity index (χ2v) is 5.92. The number of nitrogens with zero attached hydrogens (tertiary/aromatic N) is 1. The summed E-state index contributed by atoms with van der Waals surface area (Å²) in [5.41, 5.74) is 0.953. The van der Waals surface area contributed by atoms with Crippen molar-refractivity contribution < 1.29 is 14.3 Å². The predicted molar refractivity (Wildman–Crippen MR) is 91.8 cm³/mol. The van der Waals surface area contributed by atoms with Gasteiger partial charge in [-0.05, 0) is 37.5 Å².